The molecule has 0 saturated heterocycles. The van der Waals surface area contributed by atoms with Gasteiger partial charge in [-0.3, -0.25) is 4.79 Å². The van der Waals surface area contributed by atoms with Gasteiger partial charge in [0.2, 0.25) is 5.91 Å². The van der Waals surface area contributed by atoms with E-state index in [1.54, 1.807) is 0 Å². The lowest BCUT2D eigenvalue weighted by Gasteiger charge is -2.08. The molecule has 0 fully saturated rings. The van der Waals surface area contributed by atoms with Crippen molar-refractivity contribution >= 4 is 18.3 Å². The summed E-state index contributed by atoms with van der Waals surface area (Å²) >= 11 is 0. The van der Waals surface area contributed by atoms with Crippen LogP contribution in [0.2, 0.25) is 0 Å². The van der Waals surface area contributed by atoms with E-state index in [2.05, 4.69) is 5.32 Å². The third kappa shape index (κ3) is 4.12. The van der Waals surface area contributed by atoms with Crippen molar-refractivity contribution in [3.05, 3.63) is 35.4 Å². The third-order valence-corrected chi connectivity index (χ3v) is 1.88. The second-order valence-electron chi connectivity index (χ2n) is 3.24. The van der Waals surface area contributed by atoms with Crippen molar-refractivity contribution < 1.29 is 13.6 Å². The Hall–Kier alpha value is -1.20. The van der Waals surface area contributed by atoms with Gasteiger partial charge in [-0.2, -0.15) is 0 Å². The SMILES string of the molecule is C[C@H](N)C(=O)NCc1ccc(F)cc1F.Cl. The zero-order valence-electron chi connectivity index (χ0n) is 8.67. The quantitative estimate of drug-likeness (QED) is 0.851. The Morgan fingerprint density at radius 3 is 2.62 bits per heavy atom. The fraction of sp³-hybridized carbons (Fsp3) is 0.300. The predicted molar refractivity (Wildman–Crippen MR) is 59.1 cm³/mol. The summed E-state index contributed by atoms with van der Waals surface area (Å²) in [5.41, 5.74) is 5.52. The van der Waals surface area contributed by atoms with Gasteiger partial charge in [0.25, 0.3) is 0 Å². The monoisotopic (exact) mass is 250 g/mol. The van der Waals surface area contributed by atoms with Crippen LogP contribution in [0.3, 0.4) is 0 Å². The van der Waals surface area contributed by atoms with Gasteiger partial charge >= 0.3 is 0 Å². The standard InChI is InChI=1S/C10H12F2N2O.ClH/c1-6(13)10(15)14-5-7-2-3-8(11)4-9(7)12;/h2-4,6H,5,13H2,1H3,(H,14,15);1H/t6-;/m0./s1. The topological polar surface area (TPSA) is 55.1 Å². The van der Waals surface area contributed by atoms with Crippen LogP contribution in [0.25, 0.3) is 0 Å². The molecule has 90 valence electrons. The van der Waals surface area contributed by atoms with Crippen molar-refractivity contribution in [2.45, 2.75) is 19.5 Å². The fourth-order valence-corrected chi connectivity index (χ4v) is 1.01. The maximum atomic E-state index is 13.1. The zero-order valence-corrected chi connectivity index (χ0v) is 9.48. The minimum atomic E-state index is -0.681. The van der Waals surface area contributed by atoms with Gasteiger partial charge in [0, 0.05) is 18.2 Å². The van der Waals surface area contributed by atoms with E-state index < -0.39 is 17.7 Å². The van der Waals surface area contributed by atoms with Crippen molar-refractivity contribution in [2.24, 2.45) is 5.73 Å². The molecule has 1 atom stereocenters. The molecular weight excluding hydrogens is 238 g/mol. The van der Waals surface area contributed by atoms with Crippen LogP contribution in [0.15, 0.2) is 18.2 Å². The first-order valence-electron chi connectivity index (χ1n) is 4.48. The molecule has 1 aromatic rings. The van der Waals surface area contributed by atoms with E-state index in [1.165, 1.54) is 13.0 Å². The van der Waals surface area contributed by atoms with Crippen LogP contribution in [-0.2, 0) is 11.3 Å². The minimum absolute atomic E-state index is 0. The predicted octanol–water partition coefficient (Wildman–Crippen LogP) is 1.35. The number of nitrogens with two attached hydrogens (primary N) is 1. The summed E-state index contributed by atoms with van der Waals surface area (Å²) in [7, 11) is 0. The first-order chi connectivity index (χ1) is 7.00. The normalized spacial score (nSPS) is 11.5. The maximum Gasteiger partial charge on any atom is 0.236 e. The van der Waals surface area contributed by atoms with Crippen molar-refractivity contribution in [1.82, 2.24) is 5.32 Å². The average Bonchev–Trinajstić information content (AvgIpc) is 2.15. The Kier molecular flexibility index (Phi) is 5.92. The lowest BCUT2D eigenvalue weighted by atomic mass is 10.2. The Morgan fingerprint density at radius 2 is 2.12 bits per heavy atom. The Labute approximate surface area is 98.4 Å². The Morgan fingerprint density at radius 1 is 1.50 bits per heavy atom. The van der Waals surface area contributed by atoms with Crippen molar-refractivity contribution in [3.8, 4) is 0 Å². The highest BCUT2D eigenvalue weighted by Gasteiger charge is 2.08. The van der Waals surface area contributed by atoms with E-state index >= 15 is 0 Å². The van der Waals surface area contributed by atoms with Crippen LogP contribution in [0.1, 0.15) is 12.5 Å². The van der Waals surface area contributed by atoms with E-state index in [0.29, 0.717) is 0 Å². The lowest BCUT2D eigenvalue weighted by molar-refractivity contribution is -0.122. The van der Waals surface area contributed by atoms with E-state index in [4.69, 9.17) is 5.73 Å². The summed E-state index contributed by atoms with van der Waals surface area (Å²) in [4.78, 5) is 11.1. The number of carbonyl (C=O) groups excluding carboxylic acids is 1. The smallest absolute Gasteiger partial charge is 0.236 e. The highest BCUT2D eigenvalue weighted by atomic mass is 35.5. The minimum Gasteiger partial charge on any atom is -0.351 e. The van der Waals surface area contributed by atoms with Gasteiger partial charge in [0.15, 0.2) is 0 Å². The molecule has 0 aliphatic rings. The second-order valence-corrected chi connectivity index (χ2v) is 3.24. The van der Waals surface area contributed by atoms with Gasteiger partial charge in [-0.15, -0.1) is 12.4 Å². The van der Waals surface area contributed by atoms with Crippen molar-refractivity contribution in [2.75, 3.05) is 0 Å². The molecule has 1 amide bonds. The molecule has 0 radical (unpaired) electrons. The van der Waals surface area contributed by atoms with Crippen LogP contribution < -0.4 is 11.1 Å². The molecule has 0 unspecified atom stereocenters. The summed E-state index contributed by atoms with van der Waals surface area (Å²) in [5.74, 6) is -1.70. The van der Waals surface area contributed by atoms with Gasteiger partial charge in [-0.25, -0.2) is 8.78 Å². The molecule has 0 bridgehead atoms. The van der Waals surface area contributed by atoms with Gasteiger partial charge in [-0.1, -0.05) is 6.07 Å². The maximum absolute atomic E-state index is 13.1. The van der Waals surface area contributed by atoms with Crippen LogP contribution in [0, 0.1) is 11.6 Å². The largest absolute Gasteiger partial charge is 0.351 e. The molecule has 16 heavy (non-hydrogen) atoms. The number of halogens is 3. The highest BCUT2D eigenvalue weighted by Crippen LogP contribution is 2.08. The summed E-state index contributed by atoms with van der Waals surface area (Å²) in [6.07, 6.45) is 0. The molecule has 0 aromatic heterocycles. The number of benzene rings is 1. The molecule has 0 spiro atoms. The van der Waals surface area contributed by atoms with E-state index in [1.807, 2.05) is 0 Å². The third-order valence-electron chi connectivity index (χ3n) is 1.88. The molecule has 0 aliphatic heterocycles. The van der Waals surface area contributed by atoms with Crippen LogP contribution in [0.4, 0.5) is 8.78 Å². The molecule has 0 heterocycles. The van der Waals surface area contributed by atoms with Gasteiger partial charge in [0.1, 0.15) is 11.6 Å². The number of carbonyl (C=O) groups is 1. The summed E-state index contributed by atoms with van der Waals surface area (Å²) in [5, 5.41) is 2.43. The molecule has 6 heteroatoms. The molecule has 1 rings (SSSR count). The molecule has 3 nitrogen and oxygen atoms in total. The van der Waals surface area contributed by atoms with E-state index in [-0.39, 0.29) is 30.4 Å². The zero-order chi connectivity index (χ0) is 11.4. The van der Waals surface area contributed by atoms with Crippen molar-refractivity contribution in [1.29, 1.82) is 0 Å². The molecule has 0 saturated carbocycles. The number of nitrogens with one attached hydrogen (secondary N) is 1. The van der Waals surface area contributed by atoms with Crippen LogP contribution in [0.5, 0.6) is 0 Å². The van der Waals surface area contributed by atoms with E-state index in [0.717, 1.165) is 12.1 Å². The van der Waals surface area contributed by atoms with E-state index in [9.17, 15) is 13.6 Å². The fourth-order valence-electron chi connectivity index (χ4n) is 1.01. The Bertz CT molecular complexity index is 372. The van der Waals surface area contributed by atoms with Gasteiger partial charge in [0.05, 0.1) is 6.04 Å². The highest BCUT2D eigenvalue weighted by molar-refractivity contribution is 5.85. The number of rotatable bonds is 3. The summed E-state index contributed by atoms with van der Waals surface area (Å²) < 4.78 is 25.6. The average molecular weight is 251 g/mol. The van der Waals surface area contributed by atoms with Crippen LogP contribution in [-0.4, -0.2) is 11.9 Å². The molecular formula is C10H13ClF2N2O. The van der Waals surface area contributed by atoms with Gasteiger partial charge < -0.3 is 11.1 Å². The number of amides is 1. The Balaban J connectivity index is 0.00000225. The van der Waals surface area contributed by atoms with Gasteiger partial charge in [-0.05, 0) is 13.0 Å². The number of hydrogen-bond acceptors (Lipinski definition) is 2. The lowest BCUT2D eigenvalue weighted by Crippen LogP contribution is -2.37. The summed E-state index contributed by atoms with van der Waals surface area (Å²) in [6.45, 7) is 1.53. The molecule has 3 N–H and O–H groups in total. The number of hydrogen-bond donors (Lipinski definition) is 2. The molecule has 0 aliphatic carbocycles. The molecule has 1 aromatic carbocycles. The van der Waals surface area contributed by atoms with Crippen LogP contribution >= 0.6 is 12.4 Å². The first kappa shape index (κ1) is 14.8. The first-order valence-corrected chi connectivity index (χ1v) is 4.48. The summed E-state index contributed by atoms with van der Waals surface area (Å²) in [6, 6.07) is 2.55. The van der Waals surface area contributed by atoms with Crippen molar-refractivity contribution in [3.63, 3.8) is 0 Å². The second kappa shape index (κ2) is 6.40.